The summed E-state index contributed by atoms with van der Waals surface area (Å²) >= 11 is 6.11. The normalized spacial score (nSPS) is 14.1. The second kappa shape index (κ2) is 6.20. The highest BCUT2D eigenvalue weighted by molar-refractivity contribution is 6.31. The number of aliphatic hydroxyl groups is 1. The van der Waals surface area contributed by atoms with Gasteiger partial charge in [0.05, 0.1) is 6.10 Å². The van der Waals surface area contributed by atoms with Crippen LogP contribution in [0.1, 0.15) is 28.7 Å². The minimum atomic E-state index is -0.648. The Balaban J connectivity index is 2.30. The van der Waals surface area contributed by atoms with E-state index < -0.39 is 6.10 Å². The SMILES string of the molecule is Cc1ccc(C(O)C(CN)c2ccccc2)cc1Cl. The summed E-state index contributed by atoms with van der Waals surface area (Å²) in [4.78, 5) is 0. The summed E-state index contributed by atoms with van der Waals surface area (Å²) in [5.74, 6) is -0.125. The highest BCUT2D eigenvalue weighted by Crippen LogP contribution is 2.31. The van der Waals surface area contributed by atoms with E-state index in [0.717, 1.165) is 16.7 Å². The summed E-state index contributed by atoms with van der Waals surface area (Å²) in [5, 5.41) is 11.2. The third-order valence-electron chi connectivity index (χ3n) is 3.40. The maximum Gasteiger partial charge on any atom is 0.0871 e. The Morgan fingerprint density at radius 3 is 2.37 bits per heavy atom. The van der Waals surface area contributed by atoms with Crippen LogP contribution in [0.5, 0.6) is 0 Å². The van der Waals surface area contributed by atoms with Gasteiger partial charge in [0.2, 0.25) is 0 Å². The first-order valence-corrected chi connectivity index (χ1v) is 6.70. The molecule has 0 aromatic heterocycles. The van der Waals surface area contributed by atoms with Crippen LogP contribution in [-0.4, -0.2) is 11.7 Å². The zero-order valence-corrected chi connectivity index (χ0v) is 11.6. The highest BCUT2D eigenvalue weighted by atomic mass is 35.5. The van der Waals surface area contributed by atoms with Gasteiger partial charge in [-0.3, -0.25) is 0 Å². The minimum Gasteiger partial charge on any atom is -0.388 e. The number of hydrogen-bond donors (Lipinski definition) is 2. The Labute approximate surface area is 118 Å². The molecule has 2 aromatic carbocycles. The summed E-state index contributed by atoms with van der Waals surface area (Å²) in [7, 11) is 0. The van der Waals surface area contributed by atoms with E-state index in [9.17, 15) is 5.11 Å². The summed E-state index contributed by atoms with van der Waals surface area (Å²) in [6, 6.07) is 15.4. The van der Waals surface area contributed by atoms with Crippen LogP contribution in [0.2, 0.25) is 5.02 Å². The van der Waals surface area contributed by atoms with E-state index in [0.29, 0.717) is 11.6 Å². The molecule has 0 amide bonds. The van der Waals surface area contributed by atoms with Gasteiger partial charge in [0.25, 0.3) is 0 Å². The maximum absolute atomic E-state index is 10.5. The quantitative estimate of drug-likeness (QED) is 0.898. The van der Waals surface area contributed by atoms with Gasteiger partial charge in [-0.05, 0) is 29.7 Å². The molecular formula is C16H18ClNO. The fraction of sp³-hybridized carbons (Fsp3) is 0.250. The summed E-state index contributed by atoms with van der Waals surface area (Å²) in [6.45, 7) is 2.33. The molecule has 0 aliphatic heterocycles. The van der Waals surface area contributed by atoms with E-state index in [1.807, 2.05) is 55.5 Å². The van der Waals surface area contributed by atoms with E-state index in [2.05, 4.69) is 0 Å². The number of aliphatic hydroxyl groups excluding tert-OH is 1. The van der Waals surface area contributed by atoms with Gasteiger partial charge in [-0.25, -0.2) is 0 Å². The molecule has 0 spiro atoms. The lowest BCUT2D eigenvalue weighted by atomic mass is 9.89. The first kappa shape index (κ1) is 14.1. The van der Waals surface area contributed by atoms with Crippen LogP contribution in [0, 0.1) is 6.92 Å². The Hall–Kier alpha value is -1.35. The van der Waals surface area contributed by atoms with E-state index in [1.54, 1.807) is 0 Å². The third kappa shape index (κ3) is 3.16. The van der Waals surface area contributed by atoms with Gasteiger partial charge in [-0.2, -0.15) is 0 Å². The van der Waals surface area contributed by atoms with E-state index in [1.165, 1.54) is 0 Å². The molecule has 0 heterocycles. The van der Waals surface area contributed by atoms with Crippen LogP contribution >= 0.6 is 11.6 Å². The molecule has 0 saturated carbocycles. The van der Waals surface area contributed by atoms with Gasteiger partial charge < -0.3 is 10.8 Å². The van der Waals surface area contributed by atoms with Crippen molar-refractivity contribution in [2.75, 3.05) is 6.54 Å². The average Bonchev–Trinajstić information content (AvgIpc) is 2.44. The van der Waals surface area contributed by atoms with Gasteiger partial charge in [0.15, 0.2) is 0 Å². The molecule has 2 atom stereocenters. The highest BCUT2D eigenvalue weighted by Gasteiger charge is 2.21. The topological polar surface area (TPSA) is 46.2 Å². The molecule has 0 aliphatic rings. The molecule has 100 valence electrons. The lowest BCUT2D eigenvalue weighted by molar-refractivity contribution is 0.147. The first-order chi connectivity index (χ1) is 9.13. The molecule has 0 radical (unpaired) electrons. The van der Waals surface area contributed by atoms with Crippen LogP contribution in [0.25, 0.3) is 0 Å². The van der Waals surface area contributed by atoms with Crippen molar-refractivity contribution < 1.29 is 5.11 Å². The molecule has 3 N–H and O–H groups in total. The number of hydrogen-bond acceptors (Lipinski definition) is 2. The van der Waals surface area contributed by atoms with E-state index >= 15 is 0 Å². The smallest absolute Gasteiger partial charge is 0.0871 e. The second-order valence-electron chi connectivity index (χ2n) is 4.71. The maximum atomic E-state index is 10.5. The largest absolute Gasteiger partial charge is 0.388 e. The molecule has 3 heteroatoms. The number of halogens is 1. The molecule has 0 aliphatic carbocycles. The summed E-state index contributed by atoms with van der Waals surface area (Å²) in [6.07, 6.45) is -0.648. The fourth-order valence-electron chi connectivity index (χ4n) is 2.17. The summed E-state index contributed by atoms with van der Waals surface area (Å²) < 4.78 is 0. The Kier molecular flexibility index (Phi) is 4.59. The standard InChI is InChI=1S/C16H18ClNO/c1-11-7-8-13(9-15(11)17)16(19)14(10-18)12-5-3-2-4-6-12/h2-9,14,16,19H,10,18H2,1H3. The number of aryl methyl sites for hydroxylation is 1. The van der Waals surface area contributed by atoms with Crippen molar-refractivity contribution in [1.29, 1.82) is 0 Å². The van der Waals surface area contributed by atoms with Crippen molar-refractivity contribution in [1.82, 2.24) is 0 Å². The molecule has 2 aromatic rings. The average molecular weight is 276 g/mol. The van der Waals surface area contributed by atoms with Crippen molar-refractivity contribution in [2.45, 2.75) is 18.9 Å². The van der Waals surface area contributed by atoms with E-state index in [4.69, 9.17) is 17.3 Å². The molecule has 2 rings (SSSR count). The molecule has 2 nitrogen and oxygen atoms in total. The zero-order valence-electron chi connectivity index (χ0n) is 10.9. The van der Waals surface area contributed by atoms with Crippen LogP contribution in [0.3, 0.4) is 0 Å². The lowest BCUT2D eigenvalue weighted by Gasteiger charge is -2.22. The van der Waals surface area contributed by atoms with Gasteiger partial charge in [-0.1, -0.05) is 54.1 Å². The Bertz CT molecular complexity index is 542. The number of nitrogens with two attached hydrogens (primary N) is 1. The summed E-state index contributed by atoms with van der Waals surface area (Å²) in [5.41, 5.74) is 8.66. The third-order valence-corrected chi connectivity index (χ3v) is 3.81. The van der Waals surface area contributed by atoms with E-state index in [-0.39, 0.29) is 5.92 Å². The van der Waals surface area contributed by atoms with Crippen molar-refractivity contribution in [3.05, 3.63) is 70.2 Å². The molecule has 0 bridgehead atoms. The van der Waals surface area contributed by atoms with Gasteiger partial charge in [0, 0.05) is 17.5 Å². The molecule has 0 fully saturated rings. The molecular weight excluding hydrogens is 258 g/mol. The zero-order chi connectivity index (χ0) is 13.8. The van der Waals surface area contributed by atoms with Gasteiger partial charge in [0.1, 0.15) is 0 Å². The molecule has 19 heavy (non-hydrogen) atoms. The van der Waals surface area contributed by atoms with Crippen LogP contribution in [0.15, 0.2) is 48.5 Å². The Morgan fingerprint density at radius 2 is 1.79 bits per heavy atom. The van der Waals surface area contributed by atoms with Crippen molar-refractivity contribution in [3.63, 3.8) is 0 Å². The van der Waals surface area contributed by atoms with Crippen LogP contribution < -0.4 is 5.73 Å². The predicted octanol–water partition coefficient (Wildman–Crippen LogP) is 3.42. The van der Waals surface area contributed by atoms with Crippen molar-refractivity contribution in [2.24, 2.45) is 5.73 Å². The molecule has 2 unspecified atom stereocenters. The predicted molar refractivity (Wildman–Crippen MR) is 79.4 cm³/mol. The van der Waals surface area contributed by atoms with Crippen molar-refractivity contribution >= 4 is 11.6 Å². The van der Waals surface area contributed by atoms with Gasteiger partial charge >= 0.3 is 0 Å². The van der Waals surface area contributed by atoms with Crippen molar-refractivity contribution in [3.8, 4) is 0 Å². The van der Waals surface area contributed by atoms with Crippen LogP contribution in [0.4, 0.5) is 0 Å². The first-order valence-electron chi connectivity index (χ1n) is 6.32. The van der Waals surface area contributed by atoms with Gasteiger partial charge in [-0.15, -0.1) is 0 Å². The minimum absolute atomic E-state index is 0.125. The lowest BCUT2D eigenvalue weighted by Crippen LogP contribution is -2.20. The molecule has 0 saturated heterocycles. The monoisotopic (exact) mass is 275 g/mol. The Morgan fingerprint density at radius 1 is 1.11 bits per heavy atom. The second-order valence-corrected chi connectivity index (χ2v) is 5.11. The number of benzene rings is 2. The fourth-order valence-corrected chi connectivity index (χ4v) is 2.36. The van der Waals surface area contributed by atoms with Crippen LogP contribution in [-0.2, 0) is 0 Å². The number of rotatable bonds is 4.